The second-order valence-electron chi connectivity index (χ2n) is 6.17. The first-order valence-electron chi connectivity index (χ1n) is 8.44. The standard InChI is InChI=1S/C19H17N3O6/c1-28-8-4-7-21-19(25)12-9-13(22(26)27)14-15(16(12)20)18(24)11-6-3-2-5-10(11)17(14)23/h2-3,5-6,9H,4,7-8,20H2,1H3,(H,21,25). The molecule has 0 unspecified atom stereocenters. The molecule has 0 saturated carbocycles. The monoisotopic (exact) mass is 383 g/mol. The summed E-state index contributed by atoms with van der Waals surface area (Å²) < 4.78 is 4.89. The van der Waals surface area contributed by atoms with Gasteiger partial charge < -0.3 is 15.8 Å². The minimum absolute atomic E-state index is 0.0688. The number of ketones is 2. The van der Waals surface area contributed by atoms with Crippen LogP contribution < -0.4 is 11.1 Å². The summed E-state index contributed by atoms with van der Waals surface area (Å²) in [5.74, 6) is -1.96. The molecule has 0 atom stereocenters. The molecule has 3 N–H and O–H groups in total. The van der Waals surface area contributed by atoms with Crippen molar-refractivity contribution in [1.82, 2.24) is 5.32 Å². The topological polar surface area (TPSA) is 142 Å². The molecule has 144 valence electrons. The Balaban J connectivity index is 2.14. The number of nitrogens with one attached hydrogen (secondary N) is 1. The number of nitro benzene ring substituents is 1. The molecule has 2 aromatic carbocycles. The summed E-state index contributed by atoms with van der Waals surface area (Å²) in [6.45, 7) is 0.677. The summed E-state index contributed by atoms with van der Waals surface area (Å²) in [6.07, 6.45) is 0.528. The molecule has 0 spiro atoms. The smallest absolute Gasteiger partial charge is 0.282 e. The molecule has 1 aliphatic carbocycles. The van der Waals surface area contributed by atoms with E-state index < -0.39 is 28.1 Å². The molecule has 9 heteroatoms. The maximum atomic E-state index is 12.9. The molecule has 0 saturated heterocycles. The number of nitrogens with two attached hydrogens (primary N) is 1. The highest BCUT2D eigenvalue weighted by molar-refractivity contribution is 6.32. The van der Waals surface area contributed by atoms with Crippen LogP contribution in [0.5, 0.6) is 0 Å². The van der Waals surface area contributed by atoms with Crippen molar-refractivity contribution in [2.45, 2.75) is 6.42 Å². The lowest BCUT2D eigenvalue weighted by atomic mass is 9.81. The third-order valence-electron chi connectivity index (χ3n) is 4.47. The van der Waals surface area contributed by atoms with Gasteiger partial charge in [-0.3, -0.25) is 24.5 Å². The first-order valence-corrected chi connectivity index (χ1v) is 8.44. The summed E-state index contributed by atoms with van der Waals surface area (Å²) in [6, 6.07) is 6.95. The van der Waals surface area contributed by atoms with Crippen LogP contribution in [0.4, 0.5) is 11.4 Å². The molecule has 0 heterocycles. The van der Waals surface area contributed by atoms with Crippen LogP contribution in [0.25, 0.3) is 0 Å². The maximum absolute atomic E-state index is 12.9. The number of anilines is 1. The molecule has 1 amide bonds. The van der Waals surface area contributed by atoms with Gasteiger partial charge >= 0.3 is 0 Å². The van der Waals surface area contributed by atoms with Crippen LogP contribution in [0.15, 0.2) is 30.3 Å². The summed E-state index contributed by atoms with van der Waals surface area (Å²) >= 11 is 0. The van der Waals surface area contributed by atoms with Crippen LogP contribution in [-0.2, 0) is 4.74 Å². The van der Waals surface area contributed by atoms with Crippen LogP contribution in [0.1, 0.15) is 48.6 Å². The highest BCUT2D eigenvalue weighted by atomic mass is 16.6. The van der Waals surface area contributed by atoms with Gasteiger partial charge in [0, 0.05) is 37.5 Å². The second kappa shape index (κ2) is 7.57. The zero-order valence-corrected chi connectivity index (χ0v) is 15.0. The summed E-state index contributed by atoms with van der Waals surface area (Å²) in [5, 5.41) is 14.2. The number of nitrogen functional groups attached to an aromatic ring is 1. The van der Waals surface area contributed by atoms with Crippen LogP contribution in [0.2, 0.25) is 0 Å². The number of hydrogen-bond acceptors (Lipinski definition) is 7. The molecule has 0 aliphatic heterocycles. The number of carbonyl (C=O) groups is 3. The van der Waals surface area contributed by atoms with Gasteiger partial charge in [-0.05, 0) is 6.42 Å². The van der Waals surface area contributed by atoms with Gasteiger partial charge in [0.1, 0.15) is 5.56 Å². The Labute approximate surface area is 159 Å². The first kappa shape index (κ1) is 19.2. The Morgan fingerprint density at radius 1 is 1.18 bits per heavy atom. The molecular weight excluding hydrogens is 366 g/mol. The van der Waals surface area contributed by atoms with Crippen molar-refractivity contribution >= 4 is 28.8 Å². The number of nitro groups is 1. The van der Waals surface area contributed by atoms with Crippen LogP contribution in [0.3, 0.4) is 0 Å². The Morgan fingerprint density at radius 2 is 1.79 bits per heavy atom. The molecule has 28 heavy (non-hydrogen) atoms. The van der Waals surface area contributed by atoms with Crippen molar-refractivity contribution in [3.8, 4) is 0 Å². The fourth-order valence-corrected chi connectivity index (χ4v) is 3.14. The number of rotatable bonds is 6. The van der Waals surface area contributed by atoms with Gasteiger partial charge in [0.25, 0.3) is 11.6 Å². The number of hydrogen-bond donors (Lipinski definition) is 2. The lowest BCUT2D eigenvalue weighted by Gasteiger charge is -2.20. The molecule has 0 bridgehead atoms. The zero-order valence-electron chi connectivity index (χ0n) is 15.0. The first-order chi connectivity index (χ1) is 13.4. The fourth-order valence-electron chi connectivity index (χ4n) is 3.14. The van der Waals surface area contributed by atoms with Gasteiger partial charge in [-0.1, -0.05) is 24.3 Å². The summed E-state index contributed by atoms with van der Waals surface area (Å²) in [5.41, 5.74) is 4.41. The minimum atomic E-state index is -0.793. The number of nitrogens with zero attached hydrogens (tertiary/aromatic N) is 1. The van der Waals surface area contributed by atoms with E-state index in [1.165, 1.54) is 19.2 Å². The summed E-state index contributed by atoms with van der Waals surface area (Å²) in [7, 11) is 1.52. The number of carbonyl (C=O) groups excluding carboxylic acids is 3. The van der Waals surface area contributed by atoms with E-state index in [2.05, 4.69) is 5.32 Å². The average Bonchev–Trinajstić information content (AvgIpc) is 2.68. The third-order valence-corrected chi connectivity index (χ3v) is 4.47. The van der Waals surface area contributed by atoms with Crippen LogP contribution in [0, 0.1) is 10.1 Å². The maximum Gasteiger partial charge on any atom is 0.282 e. The molecule has 0 radical (unpaired) electrons. The van der Waals surface area contributed by atoms with Gasteiger partial charge in [0.15, 0.2) is 5.78 Å². The number of amides is 1. The van der Waals surface area contributed by atoms with Gasteiger partial charge in [0.05, 0.1) is 21.7 Å². The molecule has 9 nitrogen and oxygen atoms in total. The van der Waals surface area contributed by atoms with Gasteiger partial charge in [-0.15, -0.1) is 0 Å². The van der Waals surface area contributed by atoms with Crippen molar-refractivity contribution in [2.75, 3.05) is 26.0 Å². The predicted molar refractivity (Wildman–Crippen MR) is 99.6 cm³/mol. The molecule has 0 fully saturated rings. The van der Waals surface area contributed by atoms with E-state index in [0.29, 0.717) is 13.0 Å². The lowest BCUT2D eigenvalue weighted by Crippen LogP contribution is -2.29. The number of fused-ring (bicyclic) bond motifs is 2. The average molecular weight is 383 g/mol. The Morgan fingerprint density at radius 3 is 2.36 bits per heavy atom. The van der Waals surface area contributed by atoms with E-state index in [1.54, 1.807) is 12.1 Å². The van der Waals surface area contributed by atoms with Gasteiger partial charge in [-0.2, -0.15) is 0 Å². The van der Waals surface area contributed by atoms with E-state index >= 15 is 0 Å². The quantitative estimate of drug-likeness (QED) is 0.286. The predicted octanol–water partition coefficient (Wildman–Crippen LogP) is 1.72. The van der Waals surface area contributed by atoms with E-state index in [4.69, 9.17) is 10.5 Å². The van der Waals surface area contributed by atoms with Crippen molar-refractivity contribution < 1.29 is 24.0 Å². The van der Waals surface area contributed by atoms with Crippen molar-refractivity contribution in [3.63, 3.8) is 0 Å². The van der Waals surface area contributed by atoms with E-state index in [0.717, 1.165) is 6.07 Å². The van der Waals surface area contributed by atoms with E-state index in [9.17, 15) is 24.5 Å². The zero-order chi connectivity index (χ0) is 20.4. The van der Waals surface area contributed by atoms with Crippen LogP contribution in [-0.4, -0.2) is 42.7 Å². The van der Waals surface area contributed by atoms with Gasteiger partial charge in [0.2, 0.25) is 5.78 Å². The Hall–Kier alpha value is -3.59. The number of ether oxygens (including phenoxy) is 1. The fraction of sp³-hybridized carbons (Fsp3) is 0.211. The molecule has 1 aliphatic rings. The Kier molecular flexibility index (Phi) is 5.18. The Bertz CT molecular complexity index is 1010. The minimum Gasteiger partial charge on any atom is -0.397 e. The van der Waals surface area contributed by atoms with Gasteiger partial charge in [-0.25, -0.2) is 0 Å². The molecule has 3 rings (SSSR count). The highest BCUT2D eigenvalue weighted by Gasteiger charge is 2.39. The summed E-state index contributed by atoms with van der Waals surface area (Å²) in [4.78, 5) is 49.0. The lowest BCUT2D eigenvalue weighted by molar-refractivity contribution is -0.385. The molecule has 2 aromatic rings. The molecular formula is C19H17N3O6. The number of methoxy groups -OCH3 is 1. The van der Waals surface area contributed by atoms with Crippen molar-refractivity contribution in [2.24, 2.45) is 0 Å². The van der Waals surface area contributed by atoms with Crippen molar-refractivity contribution in [3.05, 3.63) is 68.3 Å². The largest absolute Gasteiger partial charge is 0.397 e. The SMILES string of the molecule is COCCCNC(=O)c1cc([N+](=O)[O-])c2c(c1N)C(=O)c1ccccc1C2=O. The third kappa shape index (κ3) is 3.12. The normalized spacial score (nSPS) is 12.3. The molecule has 0 aromatic heterocycles. The van der Waals surface area contributed by atoms with E-state index in [-0.39, 0.29) is 40.0 Å². The van der Waals surface area contributed by atoms with Crippen molar-refractivity contribution in [1.29, 1.82) is 0 Å². The second-order valence-corrected chi connectivity index (χ2v) is 6.17. The van der Waals surface area contributed by atoms with E-state index in [1.807, 2.05) is 0 Å². The number of benzene rings is 2. The highest BCUT2D eigenvalue weighted by Crippen LogP contribution is 2.38. The van der Waals surface area contributed by atoms with Crippen LogP contribution >= 0.6 is 0 Å².